The molecule has 0 aliphatic carbocycles. The first-order chi connectivity index (χ1) is 15.4. The fourth-order valence-corrected chi connectivity index (χ4v) is 4.26. The van der Waals surface area contributed by atoms with Gasteiger partial charge in [0.05, 0.1) is 13.5 Å². The molecule has 0 unspecified atom stereocenters. The summed E-state index contributed by atoms with van der Waals surface area (Å²) >= 11 is 1.61. The van der Waals surface area contributed by atoms with Crippen molar-refractivity contribution in [1.29, 1.82) is 0 Å². The Hall–Kier alpha value is -3.51. The second-order valence-corrected chi connectivity index (χ2v) is 8.42. The van der Waals surface area contributed by atoms with Crippen LogP contribution in [0, 0.1) is 12.7 Å². The van der Waals surface area contributed by atoms with Gasteiger partial charge >= 0.3 is 5.97 Å². The summed E-state index contributed by atoms with van der Waals surface area (Å²) in [6.07, 6.45) is -0.132. The molecule has 4 aromatic carbocycles. The Morgan fingerprint density at radius 1 is 0.938 bits per heavy atom. The van der Waals surface area contributed by atoms with Gasteiger partial charge in [0.15, 0.2) is 0 Å². The number of hydrogen-bond acceptors (Lipinski definition) is 4. The van der Waals surface area contributed by atoms with E-state index in [1.807, 2.05) is 48.5 Å². The number of fused-ring (bicyclic) bond motifs is 1. The lowest BCUT2D eigenvalue weighted by atomic mass is 9.98. The van der Waals surface area contributed by atoms with Crippen LogP contribution in [0.15, 0.2) is 82.6 Å². The summed E-state index contributed by atoms with van der Waals surface area (Å²) in [6, 6.07) is 21.6. The lowest BCUT2D eigenvalue weighted by molar-refractivity contribution is -0.136. The maximum absolute atomic E-state index is 13.9. The predicted octanol–water partition coefficient (Wildman–Crippen LogP) is 6.87. The van der Waals surface area contributed by atoms with Crippen molar-refractivity contribution in [2.45, 2.75) is 23.1 Å². The number of aliphatic carboxylic acids is 1. The van der Waals surface area contributed by atoms with Crippen molar-refractivity contribution in [3.8, 4) is 17.2 Å². The van der Waals surface area contributed by atoms with Gasteiger partial charge in [0.2, 0.25) is 0 Å². The van der Waals surface area contributed by atoms with Crippen molar-refractivity contribution < 1.29 is 23.8 Å². The highest BCUT2D eigenvalue weighted by Crippen LogP contribution is 2.37. The second-order valence-electron chi connectivity index (χ2n) is 7.28. The highest BCUT2D eigenvalue weighted by molar-refractivity contribution is 7.99. The van der Waals surface area contributed by atoms with Gasteiger partial charge in [-0.1, -0.05) is 23.9 Å². The predicted molar refractivity (Wildman–Crippen MR) is 124 cm³/mol. The summed E-state index contributed by atoms with van der Waals surface area (Å²) in [5.41, 5.74) is 1.32. The summed E-state index contributed by atoms with van der Waals surface area (Å²) in [5, 5.41) is 10.6. The molecule has 0 aromatic heterocycles. The largest absolute Gasteiger partial charge is 0.497 e. The van der Waals surface area contributed by atoms with Crippen LogP contribution in [0.2, 0.25) is 0 Å². The number of rotatable bonds is 7. The molecule has 4 aromatic rings. The minimum absolute atomic E-state index is 0.132. The first kappa shape index (κ1) is 21.7. The Bertz CT molecular complexity index is 1270. The zero-order chi connectivity index (χ0) is 22.7. The third-order valence-corrected chi connectivity index (χ3v) is 6.11. The van der Waals surface area contributed by atoms with Crippen LogP contribution in [0.1, 0.15) is 11.1 Å². The molecule has 0 saturated carbocycles. The maximum Gasteiger partial charge on any atom is 0.307 e. The summed E-state index contributed by atoms with van der Waals surface area (Å²) in [6.45, 7) is 1.80. The zero-order valence-corrected chi connectivity index (χ0v) is 18.4. The Labute approximate surface area is 189 Å². The lowest BCUT2D eigenvalue weighted by Crippen LogP contribution is -2.03. The molecule has 0 aliphatic rings. The van der Waals surface area contributed by atoms with Crippen molar-refractivity contribution in [3.05, 3.63) is 89.7 Å². The van der Waals surface area contributed by atoms with Gasteiger partial charge in [0.1, 0.15) is 23.1 Å². The monoisotopic (exact) mass is 448 g/mol. The molecule has 0 atom stereocenters. The van der Waals surface area contributed by atoms with E-state index >= 15 is 0 Å². The van der Waals surface area contributed by atoms with Crippen LogP contribution >= 0.6 is 11.8 Å². The third kappa shape index (κ3) is 4.86. The van der Waals surface area contributed by atoms with Crippen LogP contribution in [-0.2, 0) is 11.2 Å². The standard InChI is InChI=1S/C26H21FO4S/c1-16-18(14-25(28)29)13-17-3-4-19(27)15-24(17)26(16)31-21-7-11-23(12-8-21)32-22-9-5-20(30-2)6-10-22/h3-13,15H,14H2,1-2H3,(H,28,29). The number of halogens is 1. The quantitative estimate of drug-likeness (QED) is 0.334. The average Bonchev–Trinajstić information content (AvgIpc) is 2.78. The minimum Gasteiger partial charge on any atom is -0.497 e. The molecule has 4 nitrogen and oxygen atoms in total. The third-order valence-electron chi connectivity index (χ3n) is 5.09. The summed E-state index contributed by atoms with van der Waals surface area (Å²) in [4.78, 5) is 13.4. The molecule has 0 aliphatic heterocycles. The fraction of sp³-hybridized carbons (Fsp3) is 0.115. The number of carboxylic acid groups (broad SMARTS) is 1. The number of benzene rings is 4. The number of ether oxygens (including phenoxy) is 2. The van der Waals surface area contributed by atoms with Crippen LogP contribution in [0.5, 0.6) is 17.2 Å². The van der Waals surface area contributed by atoms with Gasteiger partial charge in [-0.2, -0.15) is 0 Å². The smallest absolute Gasteiger partial charge is 0.307 e. The van der Waals surface area contributed by atoms with E-state index in [1.165, 1.54) is 12.1 Å². The molecule has 0 saturated heterocycles. The number of carboxylic acids is 1. The molecule has 0 fully saturated rings. The van der Waals surface area contributed by atoms with E-state index < -0.39 is 5.97 Å². The Morgan fingerprint density at radius 3 is 2.16 bits per heavy atom. The highest BCUT2D eigenvalue weighted by Gasteiger charge is 2.15. The van der Waals surface area contributed by atoms with Crippen LogP contribution in [-0.4, -0.2) is 18.2 Å². The van der Waals surface area contributed by atoms with E-state index in [2.05, 4.69) is 0 Å². The van der Waals surface area contributed by atoms with Gasteiger partial charge in [-0.3, -0.25) is 4.79 Å². The SMILES string of the molecule is COc1ccc(Sc2ccc(Oc3c(C)c(CC(=O)O)cc4ccc(F)cc34)cc2)cc1. The number of carbonyl (C=O) groups is 1. The molecule has 32 heavy (non-hydrogen) atoms. The van der Waals surface area contributed by atoms with E-state index in [1.54, 1.807) is 37.9 Å². The molecule has 6 heteroatoms. The maximum atomic E-state index is 13.9. The zero-order valence-electron chi connectivity index (χ0n) is 17.6. The van der Waals surface area contributed by atoms with Crippen LogP contribution in [0.25, 0.3) is 10.8 Å². The molecule has 0 bridgehead atoms. The van der Waals surface area contributed by atoms with E-state index in [4.69, 9.17) is 9.47 Å². The normalized spacial score (nSPS) is 10.8. The summed E-state index contributed by atoms with van der Waals surface area (Å²) < 4.78 is 25.3. The lowest BCUT2D eigenvalue weighted by Gasteiger charge is -2.16. The molecule has 4 rings (SSSR count). The minimum atomic E-state index is -0.930. The van der Waals surface area contributed by atoms with Crippen molar-refractivity contribution in [1.82, 2.24) is 0 Å². The van der Waals surface area contributed by atoms with Crippen molar-refractivity contribution >= 4 is 28.5 Å². The van der Waals surface area contributed by atoms with Gasteiger partial charge in [0.25, 0.3) is 0 Å². The highest BCUT2D eigenvalue weighted by atomic mass is 32.2. The first-order valence-corrected chi connectivity index (χ1v) is 10.8. The average molecular weight is 449 g/mol. The fourth-order valence-electron chi connectivity index (χ4n) is 3.45. The Morgan fingerprint density at radius 2 is 1.56 bits per heavy atom. The molecular weight excluding hydrogens is 427 g/mol. The van der Waals surface area contributed by atoms with E-state index in [0.717, 1.165) is 20.9 Å². The Kier molecular flexibility index (Phi) is 6.32. The Balaban J connectivity index is 1.62. The van der Waals surface area contributed by atoms with Gasteiger partial charge in [-0.05, 0) is 84.1 Å². The molecule has 0 amide bonds. The number of methoxy groups -OCH3 is 1. The van der Waals surface area contributed by atoms with Crippen LogP contribution < -0.4 is 9.47 Å². The number of hydrogen-bond donors (Lipinski definition) is 1. The van der Waals surface area contributed by atoms with Crippen molar-refractivity contribution in [2.75, 3.05) is 7.11 Å². The summed E-state index contributed by atoms with van der Waals surface area (Å²) in [5.74, 6) is 0.556. The van der Waals surface area contributed by atoms with Crippen LogP contribution in [0.4, 0.5) is 4.39 Å². The van der Waals surface area contributed by atoms with Crippen molar-refractivity contribution in [2.24, 2.45) is 0 Å². The van der Waals surface area contributed by atoms with E-state index in [-0.39, 0.29) is 12.2 Å². The molecule has 1 N–H and O–H groups in total. The molecule has 162 valence electrons. The van der Waals surface area contributed by atoms with Gasteiger partial charge in [-0.25, -0.2) is 4.39 Å². The molecule has 0 radical (unpaired) electrons. The van der Waals surface area contributed by atoms with E-state index in [9.17, 15) is 14.3 Å². The topological polar surface area (TPSA) is 55.8 Å². The van der Waals surface area contributed by atoms with Gasteiger partial charge in [0, 0.05) is 15.2 Å². The van der Waals surface area contributed by atoms with Gasteiger partial charge < -0.3 is 14.6 Å². The molecule has 0 spiro atoms. The summed E-state index contributed by atoms with van der Waals surface area (Å²) in [7, 11) is 1.64. The van der Waals surface area contributed by atoms with Crippen LogP contribution in [0.3, 0.4) is 0 Å². The second kappa shape index (κ2) is 9.32. The molecular formula is C26H21FO4S. The van der Waals surface area contributed by atoms with Crippen molar-refractivity contribution in [3.63, 3.8) is 0 Å². The van der Waals surface area contributed by atoms with E-state index in [0.29, 0.717) is 28.0 Å². The van der Waals surface area contributed by atoms with Gasteiger partial charge in [-0.15, -0.1) is 0 Å². The first-order valence-electron chi connectivity index (χ1n) is 9.96. The molecule has 0 heterocycles.